The van der Waals surface area contributed by atoms with E-state index in [2.05, 4.69) is 77.4 Å². The van der Waals surface area contributed by atoms with Crippen LogP contribution in [0.1, 0.15) is 69.0 Å². The maximum Gasteiger partial charge on any atom is 0.0670 e. The van der Waals surface area contributed by atoms with Crippen LogP contribution in [0, 0.1) is 19.8 Å². The molecule has 0 unspecified atom stereocenters. The highest BCUT2D eigenvalue weighted by Gasteiger charge is 2.10. The molecule has 0 saturated heterocycles. The van der Waals surface area contributed by atoms with Crippen molar-refractivity contribution in [3.8, 4) is 0 Å². The molecule has 0 aliphatic carbocycles. The van der Waals surface area contributed by atoms with E-state index in [1.807, 2.05) is 19.2 Å². The third-order valence-electron chi connectivity index (χ3n) is 5.25. The summed E-state index contributed by atoms with van der Waals surface area (Å²) in [6.45, 7) is 19.2. The fraction of sp³-hybridized carbons (Fsp3) is 0.385. The Labute approximate surface area is 171 Å². The van der Waals surface area contributed by atoms with Gasteiger partial charge >= 0.3 is 0 Å². The minimum atomic E-state index is 0.689. The fourth-order valence-corrected chi connectivity index (χ4v) is 3.08. The third-order valence-corrected chi connectivity index (χ3v) is 5.25. The van der Waals surface area contributed by atoms with E-state index in [9.17, 15) is 0 Å². The number of aryl methyl sites for hydroxylation is 2. The molecule has 2 aromatic rings. The molecule has 2 rings (SSSR count). The van der Waals surface area contributed by atoms with Gasteiger partial charge in [-0.05, 0) is 99.4 Å². The number of benzene rings is 1. The van der Waals surface area contributed by atoms with Gasteiger partial charge in [0.05, 0.1) is 5.69 Å². The Kier molecular flexibility index (Phi) is 7.51. The molecule has 0 radical (unpaired) electrons. The number of hydrogen-bond donors (Lipinski definition) is 0. The van der Waals surface area contributed by atoms with Crippen LogP contribution in [0.2, 0.25) is 0 Å². The third kappa shape index (κ3) is 5.76. The maximum atomic E-state index is 5.00. The number of rotatable bonds is 7. The van der Waals surface area contributed by atoms with E-state index in [0.29, 0.717) is 5.92 Å². The zero-order valence-corrected chi connectivity index (χ0v) is 18.6. The van der Waals surface area contributed by atoms with E-state index in [4.69, 9.17) is 4.99 Å². The molecular weight excluding hydrogens is 340 g/mol. The van der Waals surface area contributed by atoms with Crippen molar-refractivity contribution < 1.29 is 0 Å². The molecule has 0 fully saturated rings. The van der Waals surface area contributed by atoms with Gasteiger partial charge in [-0.3, -0.25) is 9.98 Å². The van der Waals surface area contributed by atoms with Crippen LogP contribution in [0.3, 0.4) is 0 Å². The fourth-order valence-electron chi connectivity index (χ4n) is 3.08. The van der Waals surface area contributed by atoms with Gasteiger partial charge in [-0.25, -0.2) is 0 Å². The van der Waals surface area contributed by atoms with Crippen LogP contribution < -0.4 is 0 Å². The molecule has 0 aliphatic heterocycles. The normalized spacial score (nSPS) is 12.6. The van der Waals surface area contributed by atoms with E-state index in [-0.39, 0.29) is 0 Å². The SMILES string of the molecule is C=C(C)c1cc(CCC(C)C)c(C)c(N=C(C)/C(C)=C/c2cccnc2C)c1. The van der Waals surface area contributed by atoms with Crippen molar-refractivity contribution in [2.75, 3.05) is 0 Å². The van der Waals surface area contributed by atoms with Crippen molar-refractivity contribution in [1.82, 2.24) is 4.98 Å². The number of hydrogen-bond acceptors (Lipinski definition) is 2. The summed E-state index contributed by atoms with van der Waals surface area (Å²) in [5.41, 5.74) is 10.3. The number of aromatic nitrogens is 1. The van der Waals surface area contributed by atoms with Gasteiger partial charge in [0.2, 0.25) is 0 Å². The highest BCUT2D eigenvalue weighted by atomic mass is 14.7. The van der Waals surface area contributed by atoms with Gasteiger partial charge in [-0.2, -0.15) is 0 Å². The van der Waals surface area contributed by atoms with Crippen molar-refractivity contribution >= 4 is 23.0 Å². The predicted molar refractivity (Wildman–Crippen MR) is 124 cm³/mol. The van der Waals surface area contributed by atoms with Crippen molar-refractivity contribution in [3.63, 3.8) is 0 Å². The van der Waals surface area contributed by atoms with Gasteiger partial charge in [-0.1, -0.05) is 38.1 Å². The van der Waals surface area contributed by atoms with Crippen LogP contribution in [0.5, 0.6) is 0 Å². The zero-order valence-electron chi connectivity index (χ0n) is 18.6. The largest absolute Gasteiger partial charge is 0.261 e. The van der Waals surface area contributed by atoms with E-state index in [0.717, 1.165) is 40.2 Å². The quantitative estimate of drug-likeness (QED) is 0.460. The van der Waals surface area contributed by atoms with E-state index in [1.54, 1.807) is 0 Å². The Balaban J connectivity index is 2.44. The monoisotopic (exact) mass is 374 g/mol. The highest BCUT2D eigenvalue weighted by Crippen LogP contribution is 2.30. The second kappa shape index (κ2) is 9.64. The summed E-state index contributed by atoms with van der Waals surface area (Å²) < 4.78 is 0. The second-order valence-electron chi connectivity index (χ2n) is 8.19. The van der Waals surface area contributed by atoms with Crippen LogP contribution in [0.4, 0.5) is 5.69 Å². The summed E-state index contributed by atoms with van der Waals surface area (Å²) in [5.74, 6) is 0.689. The molecule has 0 atom stereocenters. The van der Waals surface area contributed by atoms with Gasteiger partial charge in [0.15, 0.2) is 0 Å². The minimum Gasteiger partial charge on any atom is -0.261 e. The van der Waals surface area contributed by atoms with Gasteiger partial charge in [0, 0.05) is 17.6 Å². The molecule has 2 heteroatoms. The van der Waals surface area contributed by atoms with Crippen LogP contribution in [-0.2, 0) is 6.42 Å². The van der Waals surface area contributed by atoms with E-state index in [1.165, 1.54) is 23.1 Å². The molecule has 2 nitrogen and oxygen atoms in total. The van der Waals surface area contributed by atoms with Crippen LogP contribution in [0.15, 0.2) is 47.6 Å². The first-order valence-corrected chi connectivity index (χ1v) is 10.1. The number of allylic oxidation sites excluding steroid dienone is 2. The van der Waals surface area contributed by atoms with Crippen LogP contribution >= 0.6 is 0 Å². The average Bonchev–Trinajstić information content (AvgIpc) is 2.63. The second-order valence-corrected chi connectivity index (χ2v) is 8.19. The molecule has 1 aromatic heterocycles. The lowest BCUT2D eigenvalue weighted by atomic mass is 9.94. The Bertz CT molecular complexity index is 914. The first kappa shape index (κ1) is 21.8. The summed E-state index contributed by atoms with van der Waals surface area (Å²) in [6.07, 6.45) is 6.25. The highest BCUT2D eigenvalue weighted by molar-refractivity contribution is 6.03. The maximum absolute atomic E-state index is 5.00. The van der Waals surface area contributed by atoms with Gasteiger partial charge < -0.3 is 0 Å². The molecule has 1 aromatic carbocycles. The van der Waals surface area contributed by atoms with E-state index >= 15 is 0 Å². The number of aliphatic imine (C=N–C) groups is 1. The lowest BCUT2D eigenvalue weighted by Crippen LogP contribution is -1.99. The topological polar surface area (TPSA) is 25.2 Å². The van der Waals surface area contributed by atoms with Crippen molar-refractivity contribution in [3.05, 3.63) is 70.6 Å². The lowest BCUT2D eigenvalue weighted by molar-refractivity contribution is 0.586. The standard InChI is InChI=1S/C26H34N2/c1-17(2)11-12-23-15-25(18(3)4)16-26(20(23)6)28-21(7)19(5)14-24-10-9-13-27-22(24)8/h9-10,13-17H,3,11-12H2,1-2,4-8H3/b19-14+,28-21?. The van der Waals surface area contributed by atoms with Gasteiger partial charge in [0.25, 0.3) is 0 Å². The van der Waals surface area contributed by atoms with Crippen molar-refractivity contribution in [1.29, 1.82) is 0 Å². The molecule has 0 saturated carbocycles. The molecule has 148 valence electrons. The average molecular weight is 375 g/mol. The molecule has 0 bridgehead atoms. The molecule has 0 N–H and O–H groups in total. The van der Waals surface area contributed by atoms with Crippen molar-refractivity contribution in [2.24, 2.45) is 10.9 Å². The predicted octanol–water partition coefficient (Wildman–Crippen LogP) is 7.52. The molecule has 28 heavy (non-hydrogen) atoms. The van der Waals surface area contributed by atoms with Crippen molar-refractivity contribution in [2.45, 2.75) is 61.3 Å². The summed E-state index contributed by atoms with van der Waals surface area (Å²) in [5, 5.41) is 0. The summed E-state index contributed by atoms with van der Waals surface area (Å²) in [7, 11) is 0. The first-order chi connectivity index (χ1) is 13.2. The Morgan fingerprint density at radius 2 is 1.89 bits per heavy atom. The molecule has 1 heterocycles. The Hall–Kier alpha value is -2.48. The Morgan fingerprint density at radius 1 is 1.18 bits per heavy atom. The summed E-state index contributed by atoms with van der Waals surface area (Å²) >= 11 is 0. The van der Waals surface area contributed by atoms with Gasteiger partial charge in [-0.15, -0.1) is 0 Å². The smallest absolute Gasteiger partial charge is 0.0670 e. The number of pyridine rings is 1. The zero-order chi connectivity index (χ0) is 20.8. The first-order valence-electron chi connectivity index (χ1n) is 10.1. The minimum absolute atomic E-state index is 0.689. The molecular formula is C26H34N2. The lowest BCUT2D eigenvalue weighted by Gasteiger charge is -2.14. The summed E-state index contributed by atoms with van der Waals surface area (Å²) in [4.78, 5) is 9.37. The molecule has 0 spiro atoms. The molecule has 0 amide bonds. The van der Waals surface area contributed by atoms with Crippen LogP contribution in [-0.4, -0.2) is 10.7 Å². The Morgan fingerprint density at radius 3 is 2.50 bits per heavy atom. The van der Waals surface area contributed by atoms with Crippen LogP contribution in [0.25, 0.3) is 11.6 Å². The van der Waals surface area contributed by atoms with Gasteiger partial charge in [0.1, 0.15) is 0 Å². The van der Waals surface area contributed by atoms with E-state index < -0.39 is 0 Å². The molecule has 0 aliphatic rings. The summed E-state index contributed by atoms with van der Waals surface area (Å²) in [6, 6.07) is 8.52. The number of nitrogens with zero attached hydrogens (tertiary/aromatic N) is 2.